The van der Waals surface area contributed by atoms with Crippen molar-refractivity contribution in [2.75, 3.05) is 20.1 Å². The third-order valence-electron chi connectivity index (χ3n) is 3.65. The van der Waals surface area contributed by atoms with Crippen LogP contribution in [0.15, 0.2) is 33.7 Å². The van der Waals surface area contributed by atoms with E-state index in [0.717, 1.165) is 9.87 Å². The number of rotatable bonds is 7. The molecule has 1 aromatic heterocycles. The van der Waals surface area contributed by atoms with Crippen molar-refractivity contribution in [3.05, 3.63) is 47.1 Å². The number of nitrogens with zero attached hydrogens (tertiary/aromatic N) is 2. The number of nitrogens with one attached hydrogen (secondary N) is 1. The quantitative estimate of drug-likeness (QED) is 0.797. The first-order chi connectivity index (χ1) is 11.7. The predicted molar refractivity (Wildman–Crippen MR) is 88.9 cm³/mol. The fourth-order valence-corrected chi connectivity index (χ4v) is 3.75. The van der Waals surface area contributed by atoms with Gasteiger partial charge >= 0.3 is 0 Å². The molecule has 0 aliphatic carbocycles. The molecule has 9 heteroatoms. The number of aromatic nitrogens is 1. The van der Waals surface area contributed by atoms with Crippen LogP contribution in [0.2, 0.25) is 0 Å². The Balaban J connectivity index is 1.90. The van der Waals surface area contributed by atoms with Crippen molar-refractivity contribution < 1.29 is 22.1 Å². The Bertz CT molecular complexity index is 827. The second kappa shape index (κ2) is 7.75. The van der Waals surface area contributed by atoms with Gasteiger partial charge in [-0.05, 0) is 38.0 Å². The zero-order valence-electron chi connectivity index (χ0n) is 14.2. The second-order valence-corrected chi connectivity index (χ2v) is 7.62. The Morgan fingerprint density at radius 1 is 1.28 bits per heavy atom. The van der Waals surface area contributed by atoms with Gasteiger partial charge in [0.25, 0.3) is 0 Å². The molecule has 1 aromatic carbocycles. The van der Waals surface area contributed by atoms with Crippen molar-refractivity contribution in [2.45, 2.75) is 25.2 Å². The van der Waals surface area contributed by atoms with Crippen LogP contribution in [0, 0.1) is 19.7 Å². The van der Waals surface area contributed by atoms with Crippen LogP contribution in [0.3, 0.4) is 0 Å². The van der Waals surface area contributed by atoms with Gasteiger partial charge in [-0.2, -0.15) is 4.31 Å². The lowest BCUT2D eigenvalue weighted by atomic mass is 10.1. The topological polar surface area (TPSA) is 92.5 Å². The van der Waals surface area contributed by atoms with Crippen molar-refractivity contribution in [3.63, 3.8) is 0 Å². The summed E-state index contributed by atoms with van der Waals surface area (Å²) in [4.78, 5) is 11.9. The number of amides is 1. The van der Waals surface area contributed by atoms with Gasteiger partial charge in [-0.1, -0.05) is 17.3 Å². The average molecular weight is 369 g/mol. The number of benzene rings is 1. The monoisotopic (exact) mass is 369 g/mol. The number of aryl methyl sites for hydroxylation is 2. The van der Waals surface area contributed by atoms with Gasteiger partial charge in [-0.15, -0.1) is 0 Å². The van der Waals surface area contributed by atoms with Crippen LogP contribution in [-0.2, 0) is 21.2 Å². The van der Waals surface area contributed by atoms with Crippen molar-refractivity contribution in [1.29, 1.82) is 0 Å². The highest BCUT2D eigenvalue weighted by molar-refractivity contribution is 7.89. The molecule has 1 heterocycles. The predicted octanol–water partition coefficient (Wildman–Crippen LogP) is 1.41. The van der Waals surface area contributed by atoms with E-state index >= 15 is 0 Å². The van der Waals surface area contributed by atoms with E-state index in [1.54, 1.807) is 12.1 Å². The summed E-state index contributed by atoms with van der Waals surface area (Å²) in [7, 11) is -2.54. The Morgan fingerprint density at radius 2 is 1.92 bits per heavy atom. The van der Waals surface area contributed by atoms with E-state index in [9.17, 15) is 17.6 Å². The van der Waals surface area contributed by atoms with E-state index < -0.39 is 15.9 Å². The number of hydrogen-bond acceptors (Lipinski definition) is 5. The van der Waals surface area contributed by atoms with Gasteiger partial charge in [0.2, 0.25) is 15.9 Å². The van der Waals surface area contributed by atoms with E-state index in [-0.39, 0.29) is 28.7 Å². The van der Waals surface area contributed by atoms with Gasteiger partial charge in [0.1, 0.15) is 16.4 Å². The molecule has 25 heavy (non-hydrogen) atoms. The highest BCUT2D eigenvalue weighted by Crippen LogP contribution is 2.22. The number of hydrogen-bond donors (Lipinski definition) is 1. The molecule has 0 unspecified atom stereocenters. The maximum absolute atomic E-state index is 12.8. The molecular formula is C16H20FN3O4S. The zero-order chi connectivity index (χ0) is 18.6. The number of sulfonamides is 1. The number of carbonyl (C=O) groups is 1. The first kappa shape index (κ1) is 19.1. The Kier molecular flexibility index (Phi) is 5.91. The molecular weight excluding hydrogens is 349 g/mol. The van der Waals surface area contributed by atoms with Gasteiger partial charge < -0.3 is 9.84 Å². The van der Waals surface area contributed by atoms with Crippen LogP contribution in [-0.4, -0.2) is 43.9 Å². The minimum Gasteiger partial charge on any atom is -0.360 e. The summed E-state index contributed by atoms with van der Waals surface area (Å²) in [6.07, 6.45) is 0.520. The van der Waals surface area contributed by atoms with Crippen LogP contribution in [0.5, 0.6) is 0 Å². The molecule has 2 rings (SSSR count). The molecule has 0 radical (unpaired) electrons. The third-order valence-corrected chi connectivity index (χ3v) is 5.70. The Labute approximate surface area is 145 Å². The maximum atomic E-state index is 12.8. The summed E-state index contributed by atoms with van der Waals surface area (Å²) in [5, 5.41) is 6.27. The highest BCUT2D eigenvalue weighted by atomic mass is 32.2. The van der Waals surface area contributed by atoms with E-state index in [1.807, 2.05) is 0 Å². The third kappa shape index (κ3) is 4.64. The molecule has 0 atom stereocenters. The van der Waals surface area contributed by atoms with Crippen molar-refractivity contribution in [3.8, 4) is 0 Å². The van der Waals surface area contributed by atoms with Gasteiger partial charge in [0.15, 0.2) is 5.76 Å². The number of halogens is 1. The molecule has 136 valence electrons. The fraction of sp³-hybridized carbons (Fsp3) is 0.375. The lowest BCUT2D eigenvalue weighted by Gasteiger charge is -2.16. The maximum Gasteiger partial charge on any atom is 0.248 e. The summed E-state index contributed by atoms with van der Waals surface area (Å²) in [5.41, 5.74) is 1.12. The summed E-state index contributed by atoms with van der Waals surface area (Å²) < 4.78 is 43.7. The molecule has 0 aliphatic heterocycles. The molecule has 0 saturated heterocycles. The molecule has 0 aliphatic rings. The van der Waals surface area contributed by atoms with Crippen molar-refractivity contribution in [1.82, 2.24) is 14.8 Å². The minimum absolute atomic E-state index is 0.0193. The van der Waals surface area contributed by atoms with E-state index in [1.165, 1.54) is 33.0 Å². The van der Waals surface area contributed by atoms with E-state index in [2.05, 4.69) is 10.5 Å². The fourth-order valence-electron chi connectivity index (χ4n) is 2.34. The van der Waals surface area contributed by atoms with Crippen LogP contribution >= 0.6 is 0 Å². The van der Waals surface area contributed by atoms with Gasteiger partial charge in [0.05, 0.1) is 6.54 Å². The Morgan fingerprint density at radius 3 is 2.48 bits per heavy atom. The summed E-state index contributed by atoms with van der Waals surface area (Å²) in [6.45, 7) is 3.03. The average Bonchev–Trinajstić information content (AvgIpc) is 2.88. The molecule has 1 N–H and O–H groups in total. The normalized spacial score (nSPS) is 11.7. The van der Waals surface area contributed by atoms with Gasteiger partial charge in [-0.3, -0.25) is 4.79 Å². The van der Waals surface area contributed by atoms with Gasteiger partial charge in [0, 0.05) is 13.6 Å². The summed E-state index contributed by atoms with van der Waals surface area (Å²) in [6, 6.07) is 5.97. The van der Waals surface area contributed by atoms with Crippen LogP contribution < -0.4 is 5.32 Å². The Hall–Kier alpha value is -2.26. The molecule has 2 aromatic rings. The number of carbonyl (C=O) groups excluding carboxylic acids is 1. The lowest BCUT2D eigenvalue weighted by Crippen LogP contribution is -2.39. The van der Waals surface area contributed by atoms with Crippen molar-refractivity contribution in [2.24, 2.45) is 0 Å². The molecule has 0 fully saturated rings. The van der Waals surface area contributed by atoms with Crippen LogP contribution in [0.25, 0.3) is 0 Å². The molecule has 0 spiro atoms. The standard InChI is InChI=1S/C16H20FN3O4S/c1-11-16(12(2)24-19-11)25(22,23)20(3)10-15(21)18-9-8-13-4-6-14(17)7-5-13/h4-7H,8-10H2,1-3H3,(H,18,21). The van der Waals surface area contributed by atoms with Crippen LogP contribution in [0.1, 0.15) is 17.0 Å². The zero-order valence-corrected chi connectivity index (χ0v) is 15.1. The summed E-state index contributed by atoms with van der Waals surface area (Å²) >= 11 is 0. The second-order valence-electron chi connectivity index (χ2n) is 5.64. The minimum atomic E-state index is -3.86. The SMILES string of the molecule is Cc1noc(C)c1S(=O)(=O)N(C)CC(=O)NCCc1ccc(F)cc1. The summed E-state index contributed by atoms with van der Waals surface area (Å²) in [5.74, 6) is -0.569. The highest BCUT2D eigenvalue weighted by Gasteiger charge is 2.29. The largest absolute Gasteiger partial charge is 0.360 e. The van der Waals surface area contributed by atoms with E-state index in [0.29, 0.717) is 13.0 Å². The van der Waals surface area contributed by atoms with E-state index in [4.69, 9.17) is 4.52 Å². The van der Waals surface area contributed by atoms with Crippen LogP contribution in [0.4, 0.5) is 4.39 Å². The first-order valence-corrected chi connectivity index (χ1v) is 9.06. The molecule has 7 nitrogen and oxygen atoms in total. The molecule has 1 amide bonds. The van der Waals surface area contributed by atoms with Crippen molar-refractivity contribution >= 4 is 15.9 Å². The first-order valence-electron chi connectivity index (χ1n) is 7.62. The molecule has 0 saturated carbocycles. The molecule has 0 bridgehead atoms. The lowest BCUT2D eigenvalue weighted by molar-refractivity contribution is -0.121. The number of likely N-dealkylation sites (N-methyl/N-ethyl adjacent to an activating group) is 1. The van der Waals surface area contributed by atoms with Gasteiger partial charge in [-0.25, -0.2) is 12.8 Å². The smallest absolute Gasteiger partial charge is 0.248 e.